The summed E-state index contributed by atoms with van der Waals surface area (Å²) in [5.74, 6) is -2.42. The largest absolute Gasteiger partial charge is 0.489 e. The standard InChI is InChI=1S/C16H10F2O3/c17-13-3-1-9(8-14(13)18)11-5-6-21-15-4-2-10(16(19)20)7-12(11)15/h1-5,7-8H,6H2,(H,19,20). The van der Waals surface area contributed by atoms with Crippen molar-refractivity contribution in [2.75, 3.05) is 6.61 Å². The predicted molar refractivity (Wildman–Crippen MR) is 72.3 cm³/mol. The summed E-state index contributed by atoms with van der Waals surface area (Å²) in [6, 6.07) is 8.04. The molecule has 1 aliphatic heterocycles. The number of carboxylic acids is 1. The first kappa shape index (κ1) is 13.3. The highest BCUT2D eigenvalue weighted by molar-refractivity contribution is 5.92. The highest BCUT2D eigenvalue weighted by atomic mass is 19.2. The smallest absolute Gasteiger partial charge is 0.335 e. The average molecular weight is 288 g/mol. The monoisotopic (exact) mass is 288 g/mol. The lowest BCUT2D eigenvalue weighted by Crippen LogP contribution is -2.07. The number of halogens is 2. The van der Waals surface area contributed by atoms with E-state index in [-0.39, 0.29) is 12.2 Å². The number of rotatable bonds is 2. The molecule has 0 saturated heterocycles. The van der Waals surface area contributed by atoms with E-state index in [4.69, 9.17) is 9.84 Å². The molecule has 1 heterocycles. The van der Waals surface area contributed by atoms with Crippen LogP contribution in [-0.2, 0) is 0 Å². The lowest BCUT2D eigenvalue weighted by atomic mass is 9.94. The van der Waals surface area contributed by atoms with E-state index in [0.29, 0.717) is 22.4 Å². The van der Waals surface area contributed by atoms with E-state index in [9.17, 15) is 13.6 Å². The summed E-state index contributed by atoms with van der Waals surface area (Å²) in [5, 5.41) is 9.05. The van der Waals surface area contributed by atoms with Crippen LogP contribution in [0, 0.1) is 11.6 Å². The van der Waals surface area contributed by atoms with Crippen LogP contribution in [0.25, 0.3) is 5.57 Å². The Kier molecular flexibility index (Phi) is 3.17. The SMILES string of the molecule is O=C(O)c1ccc2c(c1)C(c1ccc(F)c(F)c1)=CCO2. The van der Waals surface area contributed by atoms with Crippen LogP contribution in [0.15, 0.2) is 42.5 Å². The third-order valence-corrected chi connectivity index (χ3v) is 3.27. The Bertz CT molecular complexity index is 766. The molecule has 0 aliphatic carbocycles. The first-order valence-corrected chi connectivity index (χ1v) is 6.22. The van der Waals surface area contributed by atoms with E-state index in [2.05, 4.69) is 0 Å². The lowest BCUT2D eigenvalue weighted by Gasteiger charge is -2.19. The molecule has 0 unspecified atom stereocenters. The van der Waals surface area contributed by atoms with Crippen LogP contribution in [0.1, 0.15) is 21.5 Å². The van der Waals surface area contributed by atoms with Crippen molar-refractivity contribution < 1.29 is 23.4 Å². The number of hydrogen-bond donors (Lipinski definition) is 1. The Hall–Kier alpha value is -2.69. The molecule has 2 aromatic carbocycles. The summed E-state index contributed by atoms with van der Waals surface area (Å²) in [6.07, 6.45) is 1.71. The molecule has 0 amide bonds. The fourth-order valence-corrected chi connectivity index (χ4v) is 2.26. The van der Waals surface area contributed by atoms with Gasteiger partial charge in [0, 0.05) is 5.56 Å². The molecule has 0 atom stereocenters. The zero-order chi connectivity index (χ0) is 15.0. The van der Waals surface area contributed by atoms with Crippen molar-refractivity contribution >= 4 is 11.5 Å². The normalized spacial score (nSPS) is 13.1. The number of ether oxygens (including phenoxy) is 1. The molecule has 3 rings (SSSR count). The van der Waals surface area contributed by atoms with Crippen LogP contribution in [-0.4, -0.2) is 17.7 Å². The van der Waals surface area contributed by atoms with Gasteiger partial charge < -0.3 is 9.84 Å². The highest BCUT2D eigenvalue weighted by Crippen LogP contribution is 2.35. The number of fused-ring (bicyclic) bond motifs is 1. The predicted octanol–water partition coefficient (Wildman–Crippen LogP) is 3.49. The van der Waals surface area contributed by atoms with Crippen LogP contribution in [0.4, 0.5) is 8.78 Å². The van der Waals surface area contributed by atoms with Crippen LogP contribution in [0.2, 0.25) is 0 Å². The molecule has 0 fully saturated rings. The molecule has 5 heteroatoms. The first-order chi connectivity index (χ1) is 10.1. The summed E-state index contributed by atoms with van der Waals surface area (Å²) in [5.41, 5.74) is 1.75. The number of carbonyl (C=O) groups is 1. The zero-order valence-corrected chi connectivity index (χ0v) is 10.8. The van der Waals surface area contributed by atoms with Crippen molar-refractivity contribution in [2.45, 2.75) is 0 Å². The molecular formula is C16H10F2O3. The molecule has 0 spiro atoms. The van der Waals surface area contributed by atoms with Gasteiger partial charge in [-0.05, 0) is 47.5 Å². The molecule has 1 N–H and O–H groups in total. The van der Waals surface area contributed by atoms with E-state index in [1.54, 1.807) is 12.1 Å². The second-order valence-electron chi connectivity index (χ2n) is 4.57. The number of carboxylic acid groups (broad SMARTS) is 1. The molecule has 106 valence electrons. The van der Waals surface area contributed by atoms with Crippen molar-refractivity contribution in [1.82, 2.24) is 0 Å². The topological polar surface area (TPSA) is 46.5 Å². The second-order valence-corrected chi connectivity index (χ2v) is 4.57. The minimum absolute atomic E-state index is 0.104. The minimum Gasteiger partial charge on any atom is -0.489 e. The van der Waals surface area contributed by atoms with Crippen molar-refractivity contribution in [3.8, 4) is 5.75 Å². The maximum absolute atomic E-state index is 13.4. The Morgan fingerprint density at radius 3 is 2.62 bits per heavy atom. The maximum Gasteiger partial charge on any atom is 0.335 e. The summed E-state index contributed by atoms with van der Waals surface area (Å²) >= 11 is 0. The van der Waals surface area contributed by atoms with Gasteiger partial charge in [0.1, 0.15) is 12.4 Å². The first-order valence-electron chi connectivity index (χ1n) is 6.22. The average Bonchev–Trinajstić information content (AvgIpc) is 2.49. The Morgan fingerprint density at radius 2 is 1.90 bits per heavy atom. The van der Waals surface area contributed by atoms with Crippen molar-refractivity contribution in [1.29, 1.82) is 0 Å². The van der Waals surface area contributed by atoms with E-state index >= 15 is 0 Å². The Labute approximate surface area is 119 Å². The minimum atomic E-state index is -1.06. The van der Waals surface area contributed by atoms with Crippen molar-refractivity contribution in [3.05, 3.63) is 70.8 Å². The molecule has 0 bridgehead atoms. The summed E-state index contributed by atoms with van der Waals surface area (Å²) in [4.78, 5) is 11.1. The van der Waals surface area contributed by atoms with Gasteiger partial charge in [-0.3, -0.25) is 0 Å². The second kappa shape index (κ2) is 5.01. The molecule has 0 aromatic heterocycles. The van der Waals surface area contributed by atoms with Crippen molar-refractivity contribution in [2.24, 2.45) is 0 Å². The third kappa shape index (κ3) is 2.38. The number of aromatic carboxylic acids is 1. The quantitative estimate of drug-likeness (QED) is 0.920. The van der Waals surface area contributed by atoms with Gasteiger partial charge in [-0.15, -0.1) is 0 Å². The molecular weight excluding hydrogens is 278 g/mol. The fourth-order valence-electron chi connectivity index (χ4n) is 2.26. The van der Waals surface area contributed by atoms with Gasteiger partial charge in [0.2, 0.25) is 0 Å². The molecule has 2 aromatic rings. The zero-order valence-electron chi connectivity index (χ0n) is 10.8. The third-order valence-electron chi connectivity index (χ3n) is 3.27. The Balaban J connectivity index is 2.13. The maximum atomic E-state index is 13.4. The molecule has 21 heavy (non-hydrogen) atoms. The summed E-state index contributed by atoms with van der Waals surface area (Å²) in [7, 11) is 0. The van der Waals surface area contributed by atoms with Crippen LogP contribution < -0.4 is 4.74 Å². The van der Waals surface area contributed by atoms with E-state index < -0.39 is 17.6 Å². The van der Waals surface area contributed by atoms with Gasteiger partial charge >= 0.3 is 5.97 Å². The molecule has 0 radical (unpaired) electrons. The van der Waals surface area contributed by atoms with Gasteiger partial charge in [-0.2, -0.15) is 0 Å². The van der Waals surface area contributed by atoms with Gasteiger partial charge in [0.05, 0.1) is 5.56 Å². The number of benzene rings is 2. The lowest BCUT2D eigenvalue weighted by molar-refractivity contribution is 0.0697. The fraction of sp³-hybridized carbons (Fsp3) is 0.0625. The molecule has 1 aliphatic rings. The van der Waals surface area contributed by atoms with E-state index in [1.165, 1.54) is 18.2 Å². The Morgan fingerprint density at radius 1 is 1.10 bits per heavy atom. The summed E-state index contributed by atoms with van der Waals surface area (Å²) < 4.78 is 31.9. The van der Waals surface area contributed by atoms with Crippen LogP contribution >= 0.6 is 0 Å². The van der Waals surface area contributed by atoms with E-state index in [0.717, 1.165) is 12.1 Å². The van der Waals surface area contributed by atoms with Crippen LogP contribution in [0.3, 0.4) is 0 Å². The van der Waals surface area contributed by atoms with Gasteiger partial charge in [-0.25, -0.2) is 13.6 Å². The number of hydrogen-bond acceptors (Lipinski definition) is 2. The molecule has 0 saturated carbocycles. The van der Waals surface area contributed by atoms with Gasteiger partial charge in [-0.1, -0.05) is 6.07 Å². The van der Waals surface area contributed by atoms with Crippen LogP contribution in [0.5, 0.6) is 5.75 Å². The van der Waals surface area contributed by atoms with E-state index in [1.807, 2.05) is 0 Å². The summed E-state index contributed by atoms with van der Waals surface area (Å²) in [6.45, 7) is 0.285. The van der Waals surface area contributed by atoms with Gasteiger partial charge in [0.25, 0.3) is 0 Å². The van der Waals surface area contributed by atoms with Gasteiger partial charge in [0.15, 0.2) is 11.6 Å². The molecule has 3 nitrogen and oxygen atoms in total. The highest BCUT2D eigenvalue weighted by Gasteiger charge is 2.18. The van der Waals surface area contributed by atoms with Crippen molar-refractivity contribution in [3.63, 3.8) is 0 Å².